The Morgan fingerprint density at radius 2 is 2.19 bits per heavy atom. The Bertz CT molecular complexity index is 945. The van der Waals surface area contributed by atoms with Crippen molar-refractivity contribution < 1.29 is 9.47 Å². The molecule has 6 nitrogen and oxygen atoms in total. The number of nitrogens with one attached hydrogen (secondary N) is 1. The number of hydrogen-bond donors (Lipinski definition) is 1. The highest BCUT2D eigenvalue weighted by Gasteiger charge is 2.09. The minimum Gasteiger partial charge on any atom is -0.493 e. The monoisotopic (exact) mass is 402 g/mol. The average Bonchev–Trinajstić information content (AvgIpc) is 3.33. The average molecular weight is 403 g/mol. The van der Waals surface area contributed by atoms with Crippen LogP contribution < -0.4 is 9.47 Å². The lowest BCUT2D eigenvalue weighted by atomic mass is 10.2. The molecule has 0 saturated carbocycles. The number of methoxy groups -OCH3 is 1. The van der Waals surface area contributed by atoms with Crippen molar-refractivity contribution in [2.24, 2.45) is 5.10 Å². The van der Waals surface area contributed by atoms with Gasteiger partial charge in [0.15, 0.2) is 17.3 Å². The van der Waals surface area contributed by atoms with Crippen LogP contribution in [0.2, 0.25) is 0 Å². The molecule has 0 unspecified atom stereocenters. The Labute approximate surface area is 167 Å². The molecular weight excluding hydrogens is 380 g/mol. The number of rotatable bonds is 9. The third-order valence-electron chi connectivity index (χ3n) is 3.91. The summed E-state index contributed by atoms with van der Waals surface area (Å²) in [4.78, 5) is 0.993. The van der Waals surface area contributed by atoms with Gasteiger partial charge < -0.3 is 9.47 Å². The Balaban J connectivity index is 1.78. The Kier molecular flexibility index (Phi) is 6.78. The molecule has 0 spiro atoms. The molecule has 3 rings (SSSR count). The lowest BCUT2D eigenvalue weighted by Crippen LogP contribution is -2.00. The second-order valence-electron chi connectivity index (χ2n) is 5.85. The van der Waals surface area contributed by atoms with Gasteiger partial charge >= 0.3 is 0 Å². The third-order valence-corrected chi connectivity index (χ3v) is 5.04. The van der Waals surface area contributed by atoms with Crippen LogP contribution in [0.25, 0.3) is 10.7 Å². The summed E-state index contributed by atoms with van der Waals surface area (Å²) in [5.74, 6) is 2.11. The molecule has 1 N–H and O–H groups in total. The lowest BCUT2D eigenvalue weighted by Gasteiger charge is -2.11. The quantitative estimate of drug-likeness (QED) is 0.306. The molecule has 2 aromatic heterocycles. The zero-order valence-electron chi connectivity index (χ0n) is 15.3. The SMILES string of the molecule is CCCCCOc1ccc(/C=N\n2c(-c3cccs3)n[nH]c2=S)cc1OC. The van der Waals surface area contributed by atoms with Gasteiger partial charge in [0.1, 0.15) is 0 Å². The van der Waals surface area contributed by atoms with Gasteiger partial charge in [0.2, 0.25) is 4.77 Å². The van der Waals surface area contributed by atoms with Crippen LogP contribution in [0.3, 0.4) is 0 Å². The van der Waals surface area contributed by atoms with Crippen LogP contribution >= 0.6 is 23.6 Å². The number of H-pyrrole nitrogens is 1. The molecule has 0 fully saturated rings. The number of benzene rings is 1. The summed E-state index contributed by atoms with van der Waals surface area (Å²) >= 11 is 6.88. The van der Waals surface area contributed by atoms with E-state index in [1.54, 1.807) is 29.3 Å². The van der Waals surface area contributed by atoms with Crippen LogP contribution in [-0.2, 0) is 0 Å². The van der Waals surface area contributed by atoms with Gasteiger partial charge in [0, 0.05) is 0 Å². The fraction of sp³-hybridized carbons (Fsp3) is 0.316. The Hall–Kier alpha value is -2.45. The molecule has 0 radical (unpaired) electrons. The summed E-state index contributed by atoms with van der Waals surface area (Å²) in [6, 6.07) is 9.69. The second kappa shape index (κ2) is 9.48. The summed E-state index contributed by atoms with van der Waals surface area (Å²) in [6.45, 7) is 2.86. The number of nitrogens with zero attached hydrogens (tertiary/aromatic N) is 3. The Morgan fingerprint density at radius 3 is 2.93 bits per heavy atom. The minimum atomic E-state index is 0.442. The first kappa shape index (κ1) is 19.3. The van der Waals surface area contributed by atoms with E-state index in [1.165, 1.54) is 6.42 Å². The van der Waals surface area contributed by atoms with E-state index in [1.807, 2.05) is 35.7 Å². The minimum absolute atomic E-state index is 0.442. The number of ether oxygens (including phenoxy) is 2. The van der Waals surface area contributed by atoms with Crippen molar-refractivity contribution in [1.29, 1.82) is 0 Å². The van der Waals surface area contributed by atoms with E-state index in [0.29, 0.717) is 23.0 Å². The van der Waals surface area contributed by atoms with Crippen molar-refractivity contribution in [2.45, 2.75) is 26.2 Å². The summed E-state index contributed by atoms with van der Waals surface area (Å²) < 4.78 is 13.3. The van der Waals surface area contributed by atoms with Gasteiger partial charge in [-0.25, -0.2) is 5.10 Å². The van der Waals surface area contributed by atoms with Crippen LogP contribution in [0.5, 0.6) is 11.5 Å². The van der Waals surface area contributed by atoms with Gasteiger partial charge in [-0.2, -0.15) is 14.9 Å². The molecule has 0 saturated heterocycles. The fourth-order valence-corrected chi connectivity index (χ4v) is 3.38. The maximum atomic E-state index is 5.82. The van der Waals surface area contributed by atoms with E-state index in [2.05, 4.69) is 22.2 Å². The van der Waals surface area contributed by atoms with Crippen LogP contribution in [0.4, 0.5) is 0 Å². The molecule has 0 amide bonds. The molecule has 3 aromatic rings. The van der Waals surface area contributed by atoms with Crippen LogP contribution in [0.15, 0.2) is 40.8 Å². The molecule has 0 aliphatic rings. The van der Waals surface area contributed by atoms with Gasteiger partial charge in [0.25, 0.3) is 0 Å². The van der Waals surface area contributed by atoms with E-state index in [9.17, 15) is 0 Å². The molecule has 0 aliphatic heterocycles. The largest absolute Gasteiger partial charge is 0.493 e. The van der Waals surface area contributed by atoms with Crippen LogP contribution in [0.1, 0.15) is 31.7 Å². The van der Waals surface area contributed by atoms with E-state index < -0.39 is 0 Å². The van der Waals surface area contributed by atoms with Crippen molar-refractivity contribution in [3.8, 4) is 22.2 Å². The van der Waals surface area contributed by atoms with Crippen molar-refractivity contribution >= 4 is 29.8 Å². The summed E-state index contributed by atoms with van der Waals surface area (Å²) in [7, 11) is 1.64. The molecule has 0 atom stereocenters. The molecule has 2 heterocycles. The van der Waals surface area contributed by atoms with Gasteiger partial charge in [-0.05, 0) is 53.8 Å². The van der Waals surface area contributed by atoms with Gasteiger partial charge in [-0.15, -0.1) is 11.3 Å². The maximum Gasteiger partial charge on any atom is 0.216 e. The summed E-state index contributed by atoms with van der Waals surface area (Å²) in [5.41, 5.74) is 0.882. The van der Waals surface area contributed by atoms with Crippen LogP contribution in [-0.4, -0.2) is 34.8 Å². The Morgan fingerprint density at radius 1 is 1.30 bits per heavy atom. The topological polar surface area (TPSA) is 64.4 Å². The van der Waals surface area contributed by atoms with Gasteiger partial charge in [0.05, 0.1) is 24.8 Å². The summed E-state index contributed by atoms with van der Waals surface area (Å²) in [5, 5.41) is 13.5. The fourth-order valence-electron chi connectivity index (χ4n) is 2.51. The highest BCUT2D eigenvalue weighted by molar-refractivity contribution is 7.71. The van der Waals surface area contributed by atoms with Crippen molar-refractivity contribution in [1.82, 2.24) is 14.9 Å². The third kappa shape index (κ3) is 4.84. The van der Waals surface area contributed by atoms with Gasteiger partial charge in [-0.3, -0.25) is 0 Å². The number of unbranched alkanes of at least 4 members (excludes halogenated alkanes) is 2. The van der Waals surface area contributed by atoms with E-state index in [4.69, 9.17) is 21.7 Å². The lowest BCUT2D eigenvalue weighted by molar-refractivity contribution is 0.286. The van der Waals surface area contributed by atoms with Crippen molar-refractivity contribution in [2.75, 3.05) is 13.7 Å². The predicted octanol–water partition coefficient (Wildman–Crippen LogP) is 5.13. The number of hydrogen-bond acceptors (Lipinski definition) is 6. The number of aromatic amines is 1. The smallest absolute Gasteiger partial charge is 0.216 e. The molecule has 0 aliphatic carbocycles. The molecule has 142 valence electrons. The molecule has 1 aromatic carbocycles. The highest BCUT2D eigenvalue weighted by Crippen LogP contribution is 2.28. The first-order valence-electron chi connectivity index (χ1n) is 8.79. The zero-order chi connectivity index (χ0) is 19.1. The normalized spacial score (nSPS) is 11.2. The van der Waals surface area contributed by atoms with Crippen molar-refractivity contribution in [3.63, 3.8) is 0 Å². The van der Waals surface area contributed by atoms with Crippen molar-refractivity contribution in [3.05, 3.63) is 46.0 Å². The molecule has 8 heteroatoms. The van der Waals surface area contributed by atoms with Crippen LogP contribution in [0, 0.1) is 4.77 Å². The molecular formula is C19H22N4O2S2. The molecule has 27 heavy (non-hydrogen) atoms. The first-order chi connectivity index (χ1) is 13.2. The number of thiophene rings is 1. The summed E-state index contributed by atoms with van der Waals surface area (Å²) in [6.07, 6.45) is 5.09. The number of aromatic nitrogens is 3. The maximum absolute atomic E-state index is 5.82. The van der Waals surface area contributed by atoms with E-state index in [0.717, 1.165) is 29.0 Å². The second-order valence-corrected chi connectivity index (χ2v) is 7.19. The van der Waals surface area contributed by atoms with E-state index in [-0.39, 0.29) is 0 Å². The highest BCUT2D eigenvalue weighted by atomic mass is 32.1. The zero-order valence-corrected chi connectivity index (χ0v) is 17.0. The standard InChI is InChI=1S/C19H22N4O2S2/c1-3-4-5-10-25-15-9-8-14(12-16(15)24-2)13-20-23-18(21-22-19(23)26)17-7-6-11-27-17/h6-9,11-13H,3-5,10H2,1-2H3,(H,22,26)/b20-13-. The first-order valence-corrected chi connectivity index (χ1v) is 10.1. The van der Waals surface area contributed by atoms with Gasteiger partial charge in [-0.1, -0.05) is 25.8 Å². The molecule has 0 bridgehead atoms. The van der Waals surface area contributed by atoms with E-state index >= 15 is 0 Å². The predicted molar refractivity (Wildman–Crippen MR) is 112 cm³/mol.